The lowest BCUT2D eigenvalue weighted by molar-refractivity contribution is 0.104. The number of ketones is 1. The molecule has 2 aromatic heterocycles. The van der Waals surface area contributed by atoms with Gasteiger partial charge in [-0.1, -0.05) is 17.7 Å². The highest BCUT2D eigenvalue weighted by molar-refractivity contribution is 7.12. The van der Waals surface area contributed by atoms with Gasteiger partial charge in [-0.3, -0.25) is 4.79 Å². The van der Waals surface area contributed by atoms with Crippen molar-refractivity contribution >= 4 is 39.6 Å². The topological polar surface area (TPSA) is 42.1 Å². The van der Waals surface area contributed by atoms with Crippen LogP contribution in [-0.4, -0.2) is 17.9 Å². The van der Waals surface area contributed by atoms with E-state index in [1.54, 1.807) is 25.4 Å². The quantitative estimate of drug-likeness (QED) is 0.738. The molecule has 1 aromatic carbocycles. The van der Waals surface area contributed by atoms with Gasteiger partial charge in [0.15, 0.2) is 0 Å². The molecule has 0 saturated heterocycles. The minimum atomic E-state index is -0.0122. The number of carbonyl (C=O) groups is 1. The Bertz CT molecular complexity index is 760. The molecule has 0 saturated carbocycles. The Hall–Kier alpha value is -1.78. The summed E-state index contributed by atoms with van der Waals surface area (Å²) in [5.41, 5.74) is 1.51. The third-order valence-electron chi connectivity index (χ3n) is 2.92. The predicted octanol–water partition coefficient (Wildman–Crippen LogP) is 4.12. The van der Waals surface area contributed by atoms with E-state index >= 15 is 0 Å². The molecule has 0 spiro atoms. The third kappa shape index (κ3) is 2.13. The molecule has 0 aliphatic rings. The monoisotopic (exact) mass is 291 g/mol. The summed E-state index contributed by atoms with van der Waals surface area (Å²) in [5.74, 6) is 0.693. The van der Waals surface area contributed by atoms with Gasteiger partial charge in [0.05, 0.1) is 12.0 Å². The fourth-order valence-electron chi connectivity index (χ4n) is 1.96. The Morgan fingerprint density at radius 2 is 2.21 bits per heavy atom. The molecule has 5 heteroatoms. The number of benzene rings is 1. The first-order valence-electron chi connectivity index (χ1n) is 5.63. The fourth-order valence-corrected chi connectivity index (χ4v) is 2.94. The normalized spacial score (nSPS) is 10.8. The predicted molar refractivity (Wildman–Crippen MR) is 77.6 cm³/mol. The van der Waals surface area contributed by atoms with Crippen LogP contribution in [0.5, 0.6) is 5.75 Å². The minimum absolute atomic E-state index is 0.0122. The van der Waals surface area contributed by atoms with Gasteiger partial charge < -0.3 is 9.72 Å². The number of aromatic amines is 1. The average molecular weight is 292 g/mol. The second-order valence-corrected chi connectivity index (χ2v) is 5.42. The van der Waals surface area contributed by atoms with Crippen LogP contribution >= 0.6 is 22.9 Å². The van der Waals surface area contributed by atoms with E-state index in [1.807, 2.05) is 17.5 Å². The standard InChI is InChI=1S/C14H10ClNO2S/c1-18-9-5-13(19-7-9)14(17)11-6-16-12-4-8(15)2-3-10(11)12/h2-7,16H,1H3. The van der Waals surface area contributed by atoms with Crippen LogP contribution in [-0.2, 0) is 0 Å². The smallest absolute Gasteiger partial charge is 0.205 e. The molecule has 19 heavy (non-hydrogen) atoms. The van der Waals surface area contributed by atoms with Gasteiger partial charge in [0.25, 0.3) is 0 Å². The number of nitrogens with one attached hydrogen (secondary N) is 1. The first-order chi connectivity index (χ1) is 9.19. The van der Waals surface area contributed by atoms with Crippen LogP contribution < -0.4 is 4.74 Å². The van der Waals surface area contributed by atoms with Gasteiger partial charge in [-0.15, -0.1) is 11.3 Å². The number of halogens is 1. The van der Waals surface area contributed by atoms with Gasteiger partial charge in [-0.25, -0.2) is 0 Å². The van der Waals surface area contributed by atoms with Crippen LogP contribution in [0.2, 0.25) is 5.02 Å². The van der Waals surface area contributed by atoms with E-state index in [-0.39, 0.29) is 5.78 Å². The number of aromatic nitrogens is 1. The van der Waals surface area contributed by atoms with E-state index in [4.69, 9.17) is 16.3 Å². The number of fused-ring (bicyclic) bond motifs is 1. The van der Waals surface area contributed by atoms with E-state index in [2.05, 4.69) is 4.98 Å². The Kier molecular flexibility index (Phi) is 3.05. The largest absolute Gasteiger partial charge is 0.496 e. The van der Waals surface area contributed by atoms with E-state index in [1.165, 1.54) is 11.3 Å². The van der Waals surface area contributed by atoms with E-state index in [0.29, 0.717) is 21.2 Å². The Labute approximate surface area is 118 Å². The molecule has 0 unspecified atom stereocenters. The van der Waals surface area contributed by atoms with Crippen LogP contribution in [0.4, 0.5) is 0 Å². The molecule has 0 aliphatic heterocycles. The van der Waals surface area contributed by atoms with Crippen molar-refractivity contribution in [3.05, 3.63) is 51.3 Å². The van der Waals surface area contributed by atoms with Crippen LogP contribution in [0.1, 0.15) is 15.2 Å². The lowest BCUT2D eigenvalue weighted by Crippen LogP contribution is -1.96. The summed E-state index contributed by atoms with van der Waals surface area (Å²) in [6, 6.07) is 7.19. The molecular formula is C14H10ClNO2S. The Morgan fingerprint density at radius 3 is 2.95 bits per heavy atom. The number of H-pyrrole nitrogens is 1. The minimum Gasteiger partial charge on any atom is -0.496 e. The lowest BCUT2D eigenvalue weighted by Gasteiger charge is -1.96. The maximum Gasteiger partial charge on any atom is 0.205 e. The molecule has 3 nitrogen and oxygen atoms in total. The summed E-state index contributed by atoms with van der Waals surface area (Å²) in [6.07, 6.45) is 1.72. The Balaban J connectivity index is 2.06. The highest BCUT2D eigenvalue weighted by atomic mass is 35.5. The average Bonchev–Trinajstić information content (AvgIpc) is 3.03. The number of thiophene rings is 1. The summed E-state index contributed by atoms with van der Waals surface area (Å²) < 4.78 is 5.10. The first-order valence-corrected chi connectivity index (χ1v) is 6.88. The van der Waals surface area contributed by atoms with Crippen molar-refractivity contribution in [3.63, 3.8) is 0 Å². The van der Waals surface area contributed by atoms with Gasteiger partial charge in [-0.2, -0.15) is 0 Å². The highest BCUT2D eigenvalue weighted by Gasteiger charge is 2.16. The highest BCUT2D eigenvalue weighted by Crippen LogP contribution is 2.28. The molecule has 0 fully saturated rings. The van der Waals surface area contributed by atoms with Crippen LogP contribution in [0, 0.1) is 0 Å². The summed E-state index contributed by atoms with van der Waals surface area (Å²) >= 11 is 7.30. The zero-order valence-electron chi connectivity index (χ0n) is 10.1. The summed E-state index contributed by atoms with van der Waals surface area (Å²) in [5, 5.41) is 3.34. The molecular weight excluding hydrogens is 282 g/mol. The SMILES string of the molecule is COc1csc(C(=O)c2c[nH]c3cc(Cl)ccc23)c1. The molecule has 96 valence electrons. The maximum atomic E-state index is 12.4. The maximum absolute atomic E-state index is 12.4. The first kappa shape index (κ1) is 12.3. The number of methoxy groups -OCH3 is 1. The van der Waals surface area contributed by atoms with Crippen LogP contribution in [0.3, 0.4) is 0 Å². The number of hydrogen-bond donors (Lipinski definition) is 1. The number of hydrogen-bond acceptors (Lipinski definition) is 3. The molecule has 1 N–H and O–H groups in total. The van der Waals surface area contributed by atoms with Crippen molar-refractivity contribution in [1.82, 2.24) is 4.98 Å². The number of rotatable bonds is 3. The van der Waals surface area contributed by atoms with Crippen molar-refractivity contribution in [2.24, 2.45) is 0 Å². The van der Waals surface area contributed by atoms with Crippen molar-refractivity contribution in [3.8, 4) is 5.75 Å². The zero-order chi connectivity index (χ0) is 13.4. The van der Waals surface area contributed by atoms with E-state index < -0.39 is 0 Å². The van der Waals surface area contributed by atoms with Gasteiger partial charge in [0.1, 0.15) is 5.75 Å². The Morgan fingerprint density at radius 1 is 1.37 bits per heavy atom. The van der Waals surface area contributed by atoms with E-state index in [9.17, 15) is 4.79 Å². The van der Waals surface area contributed by atoms with Gasteiger partial charge in [0, 0.05) is 39.1 Å². The van der Waals surface area contributed by atoms with Crippen LogP contribution in [0.15, 0.2) is 35.8 Å². The number of ether oxygens (including phenoxy) is 1. The third-order valence-corrected chi connectivity index (χ3v) is 4.07. The molecule has 0 amide bonds. The van der Waals surface area contributed by atoms with Gasteiger partial charge >= 0.3 is 0 Å². The van der Waals surface area contributed by atoms with Gasteiger partial charge in [0.2, 0.25) is 5.78 Å². The molecule has 3 aromatic rings. The van der Waals surface area contributed by atoms with Crippen molar-refractivity contribution < 1.29 is 9.53 Å². The molecule has 0 radical (unpaired) electrons. The zero-order valence-corrected chi connectivity index (χ0v) is 11.6. The van der Waals surface area contributed by atoms with Crippen LogP contribution in [0.25, 0.3) is 10.9 Å². The summed E-state index contributed by atoms with van der Waals surface area (Å²) in [4.78, 5) is 16.2. The summed E-state index contributed by atoms with van der Waals surface area (Å²) in [7, 11) is 1.59. The fraction of sp³-hybridized carbons (Fsp3) is 0.0714. The molecule has 0 aliphatic carbocycles. The lowest BCUT2D eigenvalue weighted by atomic mass is 10.1. The van der Waals surface area contributed by atoms with Gasteiger partial charge in [-0.05, 0) is 12.1 Å². The van der Waals surface area contributed by atoms with Crippen molar-refractivity contribution in [2.45, 2.75) is 0 Å². The summed E-state index contributed by atoms with van der Waals surface area (Å²) in [6.45, 7) is 0. The molecule has 0 atom stereocenters. The number of carbonyl (C=O) groups excluding carboxylic acids is 1. The molecule has 2 heterocycles. The van der Waals surface area contributed by atoms with Crippen molar-refractivity contribution in [1.29, 1.82) is 0 Å². The second kappa shape index (κ2) is 4.72. The van der Waals surface area contributed by atoms with Crippen molar-refractivity contribution in [2.75, 3.05) is 7.11 Å². The van der Waals surface area contributed by atoms with E-state index in [0.717, 1.165) is 10.9 Å². The molecule has 3 rings (SSSR count). The molecule has 0 bridgehead atoms. The second-order valence-electron chi connectivity index (χ2n) is 4.07.